The van der Waals surface area contributed by atoms with Gasteiger partial charge in [-0.15, -0.1) is 11.3 Å². The summed E-state index contributed by atoms with van der Waals surface area (Å²) in [6.07, 6.45) is 6.94. The number of fused-ring (bicyclic) bond motifs is 1. The Kier molecular flexibility index (Phi) is 10.2. The van der Waals surface area contributed by atoms with E-state index in [1.165, 1.54) is 27.3 Å². The summed E-state index contributed by atoms with van der Waals surface area (Å²) in [5, 5.41) is 10.7. The molecule has 196 valence electrons. The van der Waals surface area contributed by atoms with Crippen LogP contribution in [-0.4, -0.2) is 25.9 Å². The van der Waals surface area contributed by atoms with Crippen molar-refractivity contribution in [3.63, 3.8) is 0 Å². The van der Waals surface area contributed by atoms with E-state index in [-0.39, 0.29) is 46.4 Å². The first-order chi connectivity index (χ1) is 17.5. The third-order valence-electron chi connectivity index (χ3n) is 6.25. The van der Waals surface area contributed by atoms with E-state index in [1.54, 1.807) is 6.20 Å². The molecule has 2 aromatic carbocycles. The van der Waals surface area contributed by atoms with E-state index in [0.717, 1.165) is 52.5 Å². The van der Waals surface area contributed by atoms with Gasteiger partial charge in [0.05, 0.1) is 11.7 Å². The Morgan fingerprint density at radius 1 is 1.18 bits per heavy atom. The van der Waals surface area contributed by atoms with Gasteiger partial charge in [-0.1, -0.05) is 38.1 Å². The fourth-order valence-electron chi connectivity index (χ4n) is 4.41. The maximum Gasteiger partial charge on any atom is 1.00 e. The van der Waals surface area contributed by atoms with Gasteiger partial charge < -0.3 is 14.6 Å². The Morgan fingerprint density at radius 2 is 1.89 bits per heavy atom. The molecule has 0 saturated carbocycles. The Labute approximate surface area is 250 Å². The predicted molar refractivity (Wildman–Crippen MR) is 144 cm³/mol. The van der Waals surface area contributed by atoms with E-state index >= 15 is 0 Å². The van der Waals surface area contributed by atoms with Crippen molar-refractivity contribution in [2.45, 2.75) is 57.9 Å². The zero-order valence-corrected chi connectivity index (χ0v) is 26.1. The van der Waals surface area contributed by atoms with Gasteiger partial charge in [0.15, 0.2) is 0 Å². The summed E-state index contributed by atoms with van der Waals surface area (Å²) in [5.74, 6) is -0.637. The maximum absolute atomic E-state index is 13.8. The van der Waals surface area contributed by atoms with E-state index in [4.69, 9.17) is 4.74 Å². The number of nitrogens with zero attached hydrogens (tertiary/aromatic N) is 2. The fourth-order valence-corrected chi connectivity index (χ4v) is 7.25. The number of hydrogen-bond donors (Lipinski definition) is 0. The number of aromatic nitrogens is 1. The molecule has 1 heterocycles. The van der Waals surface area contributed by atoms with Crippen molar-refractivity contribution in [1.82, 2.24) is 4.98 Å². The molecule has 0 radical (unpaired) electrons. The Hall–Kier alpha value is -2.17. The Morgan fingerprint density at radius 3 is 2.50 bits per heavy atom. The number of carboxylic acids is 1. The average Bonchev–Trinajstić information content (AvgIpc) is 3.48. The third-order valence-corrected chi connectivity index (χ3v) is 9.31. The number of anilines is 1. The van der Waals surface area contributed by atoms with Crippen LogP contribution in [0.2, 0.25) is 0 Å². The van der Waals surface area contributed by atoms with Gasteiger partial charge in [0.2, 0.25) is 4.34 Å². The zero-order chi connectivity index (χ0) is 26.7. The molecule has 1 aromatic heterocycles. The summed E-state index contributed by atoms with van der Waals surface area (Å²) >= 11 is 1.17. The van der Waals surface area contributed by atoms with Gasteiger partial charge in [0, 0.05) is 17.6 Å². The molecule has 1 aliphatic rings. The van der Waals surface area contributed by atoms with Crippen LogP contribution in [0.4, 0.5) is 5.69 Å². The van der Waals surface area contributed by atoms with Gasteiger partial charge in [-0.3, -0.25) is 4.31 Å². The Bertz CT molecular complexity index is 1450. The van der Waals surface area contributed by atoms with Gasteiger partial charge in [-0.2, -0.15) is 8.42 Å². The minimum absolute atomic E-state index is 0. The maximum atomic E-state index is 13.8. The quantitative estimate of drug-likeness (QED) is 0.274. The van der Waals surface area contributed by atoms with Crippen molar-refractivity contribution < 1.29 is 52.6 Å². The first-order valence-electron chi connectivity index (χ1n) is 12.3. The Balaban J connectivity index is 0.00000400. The van der Waals surface area contributed by atoms with Crippen molar-refractivity contribution in [2.24, 2.45) is 5.92 Å². The summed E-state index contributed by atoms with van der Waals surface area (Å²) in [6.45, 7) is 8.30. The van der Waals surface area contributed by atoms with E-state index in [0.29, 0.717) is 18.0 Å². The van der Waals surface area contributed by atoms with Gasteiger partial charge >= 0.3 is 29.6 Å². The van der Waals surface area contributed by atoms with Gasteiger partial charge in [0.25, 0.3) is 10.0 Å². The number of sulfonamides is 1. The van der Waals surface area contributed by atoms with Crippen LogP contribution in [0.5, 0.6) is 5.75 Å². The van der Waals surface area contributed by atoms with Crippen LogP contribution < -0.4 is 43.7 Å². The standard InChI is InChI=1S/C28H32N2O5S2.Na/c1-18(2)16-30(37(33,34)28-29-15-20(4)36-28)25-13-22-6-5-7-23(22)14-26(25)35-17-24-10-8-21(12-19(24)3)9-11-27(31)32;/h8-15,18H,5-7,16-17H2,1-4H3,(H,31,32);/q;+1/p-1/b11-9+;. The van der Waals surface area contributed by atoms with Crippen molar-refractivity contribution in [3.8, 4) is 5.75 Å². The SMILES string of the molecule is Cc1cnc(S(=O)(=O)N(CC(C)C)c2cc3c(cc2OCc2ccc(/C=C/C(=O)[O-])cc2C)CCC3)s1.[Na+]. The van der Waals surface area contributed by atoms with Crippen LogP contribution in [0.15, 0.2) is 46.9 Å². The molecule has 0 bridgehead atoms. The number of carboxylic acid groups (broad SMARTS) is 1. The molecule has 38 heavy (non-hydrogen) atoms. The zero-order valence-electron chi connectivity index (χ0n) is 22.5. The number of benzene rings is 2. The van der Waals surface area contributed by atoms with Crippen LogP contribution in [-0.2, 0) is 34.3 Å². The number of aliphatic carboxylic acids is 1. The molecular weight excluding hydrogens is 531 g/mol. The van der Waals surface area contributed by atoms with Crippen LogP contribution in [0, 0.1) is 19.8 Å². The molecular formula is C28H31N2NaO5S2. The summed E-state index contributed by atoms with van der Waals surface area (Å²) in [5.41, 5.74) is 5.48. The number of carbonyl (C=O) groups is 1. The van der Waals surface area contributed by atoms with Crippen molar-refractivity contribution in [1.29, 1.82) is 0 Å². The van der Waals surface area contributed by atoms with Crippen LogP contribution in [0.3, 0.4) is 0 Å². The monoisotopic (exact) mass is 562 g/mol. The van der Waals surface area contributed by atoms with Crippen molar-refractivity contribution >= 4 is 39.1 Å². The van der Waals surface area contributed by atoms with E-state index in [1.807, 2.05) is 58.0 Å². The second-order valence-corrected chi connectivity index (χ2v) is 13.0. The molecule has 4 rings (SSSR count). The normalized spacial score (nSPS) is 13.0. The van der Waals surface area contributed by atoms with Gasteiger partial charge in [0.1, 0.15) is 12.4 Å². The van der Waals surface area contributed by atoms with E-state index in [2.05, 4.69) is 4.98 Å². The second-order valence-electron chi connectivity index (χ2n) is 9.74. The number of ether oxygens (including phenoxy) is 1. The molecule has 10 heteroatoms. The molecule has 3 aromatic rings. The molecule has 0 atom stereocenters. The van der Waals surface area contributed by atoms with Gasteiger partial charge in [-0.05, 0) is 85.1 Å². The van der Waals surface area contributed by atoms with E-state index in [9.17, 15) is 18.3 Å². The van der Waals surface area contributed by atoms with E-state index < -0.39 is 16.0 Å². The number of thiazole rings is 1. The second kappa shape index (κ2) is 12.8. The van der Waals surface area contributed by atoms with Crippen LogP contribution in [0.25, 0.3) is 6.08 Å². The first-order valence-corrected chi connectivity index (χ1v) is 14.5. The molecule has 0 spiro atoms. The molecule has 0 amide bonds. The predicted octanol–water partition coefficient (Wildman–Crippen LogP) is 1.45. The number of hydrogen-bond acceptors (Lipinski definition) is 7. The van der Waals surface area contributed by atoms with Gasteiger partial charge in [-0.25, -0.2) is 4.98 Å². The molecule has 0 saturated heterocycles. The minimum atomic E-state index is -3.88. The van der Waals surface area contributed by atoms with Crippen molar-refractivity contribution in [3.05, 3.63) is 75.3 Å². The molecule has 7 nitrogen and oxygen atoms in total. The summed E-state index contributed by atoms with van der Waals surface area (Å²) in [7, 11) is -3.88. The van der Waals surface area contributed by atoms with Crippen molar-refractivity contribution in [2.75, 3.05) is 10.8 Å². The molecule has 0 N–H and O–H groups in total. The average molecular weight is 563 g/mol. The minimum Gasteiger partial charge on any atom is -0.545 e. The summed E-state index contributed by atoms with van der Waals surface area (Å²) in [4.78, 5) is 15.7. The first kappa shape index (κ1) is 30.4. The van der Waals surface area contributed by atoms with Crippen LogP contribution in [0.1, 0.15) is 53.0 Å². The smallest absolute Gasteiger partial charge is 0.545 e. The topological polar surface area (TPSA) is 99.6 Å². The molecule has 0 fully saturated rings. The third kappa shape index (κ3) is 7.07. The number of carbonyl (C=O) groups excluding carboxylic acids is 1. The number of rotatable bonds is 10. The summed E-state index contributed by atoms with van der Waals surface area (Å²) < 4.78 is 35.4. The summed E-state index contributed by atoms with van der Waals surface area (Å²) in [6, 6.07) is 9.54. The molecule has 1 aliphatic carbocycles. The fraction of sp³-hybridized carbons (Fsp3) is 0.357. The number of aryl methyl sites for hydroxylation is 4. The molecule has 0 unspecified atom stereocenters. The largest absolute Gasteiger partial charge is 1.00 e. The van der Waals surface area contributed by atoms with Crippen LogP contribution >= 0.6 is 11.3 Å². The molecule has 0 aliphatic heterocycles.